The number of rotatable bonds is 3. The van der Waals surface area contributed by atoms with Gasteiger partial charge in [-0.25, -0.2) is 0 Å². The molecule has 0 radical (unpaired) electrons. The van der Waals surface area contributed by atoms with E-state index in [1.165, 1.54) is 25.7 Å². The van der Waals surface area contributed by atoms with Gasteiger partial charge in [0, 0.05) is 22.8 Å². The van der Waals surface area contributed by atoms with Crippen molar-refractivity contribution in [3.8, 4) is 0 Å². The van der Waals surface area contributed by atoms with Gasteiger partial charge in [0.25, 0.3) is 5.91 Å². The van der Waals surface area contributed by atoms with Crippen LogP contribution >= 0.6 is 15.9 Å². The summed E-state index contributed by atoms with van der Waals surface area (Å²) in [6.45, 7) is 2.23. The van der Waals surface area contributed by atoms with E-state index in [-0.39, 0.29) is 5.91 Å². The van der Waals surface area contributed by atoms with Crippen LogP contribution in [0.5, 0.6) is 0 Å². The molecule has 0 saturated heterocycles. The number of carbonyl (C=O) groups excluding carboxylic acids is 1. The van der Waals surface area contributed by atoms with E-state index in [1.807, 2.05) is 12.3 Å². The Hall–Kier alpha value is -0.770. The number of nitrogens with one attached hydrogen (secondary N) is 1. The third-order valence-corrected chi connectivity index (χ3v) is 4.60. The molecular formula is C14H19BrN2O. The van der Waals surface area contributed by atoms with Crippen LogP contribution in [0.3, 0.4) is 0 Å². The van der Waals surface area contributed by atoms with Crippen molar-refractivity contribution in [1.82, 2.24) is 9.88 Å². The maximum absolute atomic E-state index is 12.4. The predicted molar refractivity (Wildman–Crippen MR) is 74.7 cm³/mol. The lowest BCUT2D eigenvalue weighted by molar-refractivity contribution is 0.0920. The van der Waals surface area contributed by atoms with Crippen LogP contribution < -0.4 is 5.32 Å². The monoisotopic (exact) mass is 310 g/mol. The van der Waals surface area contributed by atoms with Crippen LogP contribution in [-0.4, -0.2) is 16.5 Å². The zero-order valence-corrected chi connectivity index (χ0v) is 12.2. The standard InChI is InChI=1S/C14H19BrN2O/c1-9-3-2-4-12(9)16-14(18)13-7-10(15)8-17(13)11-5-6-11/h7-9,11-12H,2-6H2,1H3,(H,16,18). The van der Waals surface area contributed by atoms with Crippen molar-refractivity contribution in [2.45, 2.75) is 51.1 Å². The molecule has 0 bridgehead atoms. The Balaban J connectivity index is 1.75. The lowest BCUT2D eigenvalue weighted by atomic mass is 10.1. The molecule has 2 aliphatic carbocycles. The van der Waals surface area contributed by atoms with Gasteiger partial charge in [0.15, 0.2) is 0 Å². The molecule has 1 aromatic rings. The van der Waals surface area contributed by atoms with Gasteiger partial charge in [-0.05, 0) is 53.6 Å². The molecule has 2 atom stereocenters. The summed E-state index contributed by atoms with van der Waals surface area (Å²) in [5.74, 6) is 0.702. The highest BCUT2D eigenvalue weighted by Gasteiger charge is 2.30. The van der Waals surface area contributed by atoms with Gasteiger partial charge in [-0.15, -0.1) is 0 Å². The third-order valence-electron chi connectivity index (χ3n) is 4.17. The number of hydrogen-bond donors (Lipinski definition) is 1. The van der Waals surface area contributed by atoms with E-state index >= 15 is 0 Å². The number of hydrogen-bond acceptors (Lipinski definition) is 1. The second kappa shape index (κ2) is 4.72. The lowest BCUT2D eigenvalue weighted by Gasteiger charge is -2.18. The Bertz CT molecular complexity index is 464. The first-order valence-electron chi connectivity index (χ1n) is 6.83. The topological polar surface area (TPSA) is 34.0 Å². The average Bonchev–Trinajstić information content (AvgIpc) is 3.00. The summed E-state index contributed by atoms with van der Waals surface area (Å²) in [6.07, 6.45) is 8.02. The SMILES string of the molecule is CC1CCCC1NC(=O)c1cc(Br)cn1C1CC1. The first-order valence-corrected chi connectivity index (χ1v) is 7.62. The zero-order chi connectivity index (χ0) is 12.7. The second-order valence-corrected chi connectivity index (χ2v) is 6.59. The molecule has 2 unspecified atom stereocenters. The van der Waals surface area contributed by atoms with Crippen molar-refractivity contribution in [3.05, 3.63) is 22.4 Å². The Labute approximate surface area is 116 Å². The summed E-state index contributed by atoms with van der Waals surface area (Å²) in [5, 5.41) is 3.20. The van der Waals surface area contributed by atoms with Crippen molar-refractivity contribution in [1.29, 1.82) is 0 Å². The summed E-state index contributed by atoms with van der Waals surface area (Å²) in [6, 6.07) is 2.84. The maximum atomic E-state index is 12.4. The molecule has 3 rings (SSSR count). The van der Waals surface area contributed by atoms with Crippen LogP contribution in [-0.2, 0) is 0 Å². The first kappa shape index (κ1) is 12.3. The highest BCUT2D eigenvalue weighted by molar-refractivity contribution is 9.10. The fraction of sp³-hybridized carbons (Fsp3) is 0.643. The molecule has 98 valence electrons. The van der Waals surface area contributed by atoms with Gasteiger partial charge in [-0.3, -0.25) is 4.79 Å². The summed E-state index contributed by atoms with van der Waals surface area (Å²) < 4.78 is 3.12. The van der Waals surface area contributed by atoms with Crippen LogP contribution in [0.25, 0.3) is 0 Å². The molecule has 0 spiro atoms. The van der Waals surface area contributed by atoms with Crippen LogP contribution in [0.2, 0.25) is 0 Å². The summed E-state index contributed by atoms with van der Waals surface area (Å²) in [4.78, 5) is 12.4. The number of halogens is 1. The molecule has 1 aromatic heterocycles. The quantitative estimate of drug-likeness (QED) is 0.911. The lowest BCUT2D eigenvalue weighted by Crippen LogP contribution is -2.37. The van der Waals surface area contributed by atoms with Gasteiger partial charge in [-0.2, -0.15) is 0 Å². The van der Waals surface area contributed by atoms with Crippen molar-refractivity contribution < 1.29 is 4.79 Å². The fourth-order valence-corrected chi connectivity index (χ4v) is 3.32. The van der Waals surface area contributed by atoms with Crippen LogP contribution in [0.4, 0.5) is 0 Å². The molecule has 2 aliphatic rings. The summed E-state index contributed by atoms with van der Waals surface area (Å²) >= 11 is 3.47. The zero-order valence-electron chi connectivity index (χ0n) is 10.7. The molecule has 2 fully saturated rings. The molecule has 3 nitrogen and oxygen atoms in total. The largest absolute Gasteiger partial charge is 0.348 e. The van der Waals surface area contributed by atoms with Gasteiger partial charge < -0.3 is 9.88 Å². The second-order valence-electron chi connectivity index (χ2n) is 5.67. The molecular weight excluding hydrogens is 292 g/mol. The Morgan fingerprint density at radius 3 is 2.78 bits per heavy atom. The van der Waals surface area contributed by atoms with E-state index in [9.17, 15) is 4.79 Å². The first-order chi connectivity index (χ1) is 8.65. The van der Waals surface area contributed by atoms with Crippen molar-refractivity contribution in [2.24, 2.45) is 5.92 Å². The van der Waals surface area contributed by atoms with E-state index in [1.54, 1.807) is 0 Å². The Kier molecular flexibility index (Phi) is 3.22. The smallest absolute Gasteiger partial charge is 0.268 e. The molecule has 4 heteroatoms. The summed E-state index contributed by atoms with van der Waals surface area (Å²) in [7, 11) is 0. The minimum Gasteiger partial charge on any atom is -0.348 e. The van der Waals surface area contributed by atoms with Crippen LogP contribution in [0.15, 0.2) is 16.7 Å². The molecule has 1 N–H and O–H groups in total. The van der Waals surface area contributed by atoms with E-state index in [4.69, 9.17) is 0 Å². The van der Waals surface area contributed by atoms with Gasteiger partial charge >= 0.3 is 0 Å². The van der Waals surface area contributed by atoms with Gasteiger partial charge in [-0.1, -0.05) is 13.3 Å². The molecule has 18 heavy (non-hydrogen) atoms. The van der Waals surface area contributed by atoms with E-state index in [0.29, 0.717) is 18.0 Å². The predicted octanol–water partition coefficient (Wildman–Crippen LogP) is 3.50. The van der Waals surface area contributed by atoms with Crippen molar-refractivity contribution in [2.75, 3.05) is 0 Å². The number of amides is 1. The van der Waals surface area contributed by atoms with E-state index in [0.717, 1.165) is 16.6 Å². The van der Waals surface area contributed by atoms with Gasteiger partial charge in [0.2, 0.25) is 0 Å². The fourth-order valence-electron chi connectivity index (χ4n) is 2.88. The normalized spacial score (nSPS) is 27.4. The molecule has 0 aliphatic heterocycles. The summed E-state index contributed by atoms with van der Waals surface area (Å²) in [5.41, 5.74) is 0.809. The maximum Gasteiger partial charge on any atom is 0.268 e. The van der Waals surface area contributed by atoms with Gasteiger partial charge in [0.05, 0.1) is 0 Å². The molecule has 1 heterocycles. The van der Waals surface area contributed by atoms with E-state index < -0.39 is 0 Å². The average molecular weight is 311 g/mol. The van der Waals surface area contributed by atoms with Crippen LogP contribution in [0.1, 0.15) is 55.6 Å². The molecule has 2 saturated carbocycles. The minimum atomic E-state index is 0.0892. The molecule has 0 aromatic carbocycles. The van der Waals surface area contributed by atoms with Gasteiger partial charge in [0.1, 0.15) is 5.69 Å². The van der Waals surface area contributed by atoms with Crippen LogP contribution in [0, 0.1) is 5.92 Å². The molecule has 1 amide bonds. The van der Waals surface area contributed by atoms with Crippen molar-refractivity contribution in [3.63, 3.8) is 0 Å². The Morgan fingerprint density at radius 1 is 1.39 bits per heavy atom. The number of nitrogens with zero attached hydrogens (tertiary/aromatic N) is 1. The third kappa shape index (κ3) is 2.35. The highest BCUT2D eigenvalue weighted by Crippen LogP contribution is 2.37. The van der Waals surface area contributed by atoms with Crippen molar-refractivity contribution >= 4 is 21.8 Å². The van der Waals surface area contributed by atoms with E-state index in [2.05, 4.69) is 32.7 Å². The Morgan fingerprint density at radius 2 is 2.17 bits per heavy atom. The number of carbonyl (C=O) groups is 1. The highest BCUT2D eigenvalue weighted by atomic mass is 79.9. The minimum absolute atomic E-state index is 0.0892. The number of aromatic nitrogens is 1.